The number of methoxy groups -OCH3 is 1. The predicted octanol–water partition coefficient (Wildman–Crippen LogP) is 0.963. The van der Waals surface area contributed by atoms with Crippen molar-refractivity contribution in [2.75, 3.05) is 26.9 Å². The van der Waals surface area contributed by atoms with Crippen LogP contribution >= 0.6 is 0 Å². The molecule has 6 heteroatoms. The Morgan fingerprint density at radius 1 is 1.23 bits per heavy atom. The van der Waals surface area contributed by atoms with Crippen LogP contribution in [0.3, 0.4) is 0 Å². The summed E-state index contributed by atoms with van der Waals surface area (Å²) in [5.41, 5.74) is -2.79. The Balaban J connectivity index is 3.77. The second kappa shape index (κ2) is 4.78. The predicted molar refractivity (Wildman–Crippen MR) is 39.4 cm³/mol. The van der Waals surface area contributed by atoms with Gasteiger partial charge in [0, 0.05) is 7.11 Å². The standard InChI is InChI=1S/C7H13F3O3/c1-6(11,7(8,9)10)5-13-4-3-12-2/h11H,3-5H2,1-2H3. The van der Waals surface area contributed by atoms with E-state index in [1.165, 1.54) is 7.11 Å². The zero-order valence-corrected chi connectivity index (χ0v) is 7.52. The molecule has 1 N–H and O–H groups in total. The summed E-state index contributed by atoms with van der Waals surface area (Å²) >= 11 is 0. The molecule has 0 bridgehead atoms. The summed E-state index contributed by atoms with van der Waals surface area (Å²) < 4.78 is 45.1. The van der Waals surface area contributed by atoms with Gasteiger partial charge in [-0.3, -0.25) is 0 Å². The highest BCUT2D eigenvalue weighted by Gasteiger charge is 2.50. The molecule has 1 atom stereocenters. The molecule has 0 aromatic rings. The van der Waals surface area contributed by atoms with Crippen molar-refractivity contribution in [2.24, 2.45) is 0 Å². The largest absolute Gasteiger partial charge is 0.419 e. The minimum atomic E-state index is -4.67. The first-order valence-corrected chi connectivity index (χ1v) is 3.67. The summed E-state index contributed by atoms with van der Waals surface area (Å²) in [6.45, 7) is 0.121. The van der Waals surface area contributed by atoms with Crippen LogP contribution in [0.4, 0.5) is 13.2 Å². The van der Waals surface area contributed by atoms with Gasteiger partial charge in [-0.05, 0) is 6.92 Å². The molecule has 0 amide bonds. The topological polar surface area (TPSA) is 38.7 Å². The lowest BCUT2D eigenvalue weighted by Crippen LogP contribution is -2.46. The van der Waals surface area contributed by atoms with Gasteiger partial charge in [-0.25, -0.2) is 0 Å². The van der Waals surface area contributed by atoms with E-state index >= 15 is 0 Å². The summed E-state index contributed by atoms with van der Waals surface area (Å²) in [4.78, 5) is 0. The van der Waals surface area contributed by atoms with Crippen LogP contribution in [0, 0.1) is 0 Å². The maximum absolute atomic E-state index is 12.0. The summed E-state index contributed by atoms with van der Waals surface area (Å²) in [6, 6.07) is 0. The molecule has 0 aliphatic rings. The van der Waals surface area contributed by atoms with E-state index in [4.69, 9.17) is 5.11 Å². The number of aliphatic hydroxyl groups is 1. The Morgan fingerprint density at radius 2 is 1.77 bits per heavy atom. The van der Waals surface area contributed by atoms with E-state index in [9.17, 15) is 13.2 Å². The van der Waals surface area contributed by atoms with Crippen molar-refractivity contribution in [1.29, 1.82) is 0 Å². The van der Waals surface area contributed by atoms with Crippen molar-refractivity contribution in [3.63, 3.8) is 0 Å². The molecule has 80 valence electrons. The third kappa shape index (κ3) is 4.44. The fourth-order valence-corrected chi connectivity index (χ4v) is 0.495. The van der Waals surface area contributed by atoms with Crippen LogP contribution in [0.1, 0.15) is 6.92 Å². The maximum Gasteiger partial charge on any atom is 0.419 e. The van der Waals surface area contributed by atoms with Crippen molar-refractivity contribution in [1.82, 2.24) is 0 Å². The number of halogens is 3. The van der Waals surface area contributed by atoms with Crippen molar-refractivity contribution in [3.8, 4) is 0 Å². The lowest BCUT2D eigenvalue weighted by atomic mass is 10.1. The second-order valence-electron chi connectivity index (χ2n) is 2.82. The van der Waals surface area contributed by atoms with E-state index in [1.54, 1.807) is 0 Å². The average Bonchev–Trinajstić information content (AvgIpc) is 1.96. The molecule has 0 aromatic heterocycles. The van der Waals surface area contributed by atoms with Gasteiger partial charge in [0.1, 0.15) is 0 Å². The van der Waals surface area contributed by atoms with E-state index in [2.05, 4.69) is 9.47 Å². The summed E-state index contributed by atoms with van der Waals surface area (Å²) in [5, 5.41) is 8.86. The third-order valence-electron chi connectivity index (χ3n) is 1.43. The van der Waals surface area contributed by atoms with Gasteiger partial charge in [-0.2, -0.15) is 13.2 Å². The van der Waals surface area contributed by atoms with Crippen LogP contribution in [-0.2, 0) is 9.47 Å². The van der Waals surface area contributed by atoms with Gasteiger partial charge in [0.05, 0.1) is 19.8 Å². The lowest BCUT2D eigenvalue weighted by molar-refractivity contribution is -0.268. The lowest BCUT2D eigenvalue weighted by Gasteiger charge is -2.25. The molecular formula is C7H13F3O3. The molecule has 0 aliphatic heterocycles. The first kappa shape index (κ1) is 12.7. The Kier molecular flexibility index (Phi) is 4.66. The fourth-order valence-electron chi connectivity index (χ4n) is 0.495. The number of hydrogen-bond donors (Lipinski definition) is 1. The number of rotatable bonds is 5. The number of ether oxygens (including phenoxy) is 2. The Hall–Kier alpha value is -0.330. The monoisotopic (exact) mass is 202 g/mol. The Labute approximate surface area is 74.4 Å². The number of hydrogen-bond acceptors (Lipinski definition) is 3. The molecular weight excluding hydrogens is 189 g/mol. The van der Waals surface area contributed by atoms with Crippen LogP contribution in [-0.4, -0.2) is 43.8 Å². The van der Waals surface area contributed by atoms with Gasteiger partial charge in [-0.15, -0.1) is 0 Å². The molecule has 0 saturated heterocycles. The molecule has 1 unspecified atom stereocenters. The van der Waals surface area contributed by atoms with Gasteiger partial charge in [0.25, 0.3) is 0 Å². The normalized spacial score (nSPS) is 17.1. The molecule has 3 nitrogen and oxygen atoms in total. The zero-order valence-electron chi connectivity index (χ0n) is 7.52. The van der Waals surface area contributed by atoms with Crippen LogP contribution in [0.15, 0.2) is 0 Å². The minimum Gasteiger partial charge on any atom is -0.382 e. The molecule has 0 rings (SSSR count). The quantitative estimate of drug-likeness (QED) is 0.675. The molecule has 0 aliphatic carbocycles. The molecule has 0 saturated carbocycles. The molecule has 0 aromatic carbocycles. The van der Waals surface area contributed by atoms with Crippen molar-refractivity contribution < 1.29 is 27.8 Å². The van der Waals surface area contributed by atoms with Crippen molar-refractivity contribution >= 4 is 0 Å². The van der Waals surface area contributed by atoms with Crippen molar-refractivity contribution in [2.45, 2.75) is 18.7 Å². The number of alkyl halides is 3. The van der Waals surface area contributed by atoms with E-state index < -0.39 is 18.4 Å². The summed E-state index contributed by atoms with van der Waals surface area (Å²) in [7, 11) is 1.41. The first-order valence-electron chi connectivity index (χ1n) is 3.67. The highest BCUT2D eigenvalue weighted by Crippen LogP contribution is 2.29. The van der Waals surface area contributed by atoms with E-state index in [0.29, 0.717) is 6.92 Å². The van der Waals surface area contributed by atoms with Crippen LogP contribution in [0.2, 0.25) is 0 Å². The summed E-state index contributed by atoms with van der Waals surface area (Å²) in [6.07, 6.45) is -4.67. The van der Waals surface area contributed by atoms with Gasteiger partial charge >= 0.3 is 6.18 Å². The third-order valence-corrected chi connectivity index (χ3v) is 1.43. The SMILES string of the molecule is COCCOCC(C)(O)C(F)(F)F. The Bertz CT molecular complexity index is 144. The fraction of sp³-hybridized carbons (Fsp3) is 1.00. The molecule has 0 fully saturated rings. The zero-order chi connectivity index (χ0) is 10.5. The van der Waals surface area contributed by atoms with Crippen molar-refractivity contribution in [3.05, 3.63) is 0 Å². The molecule has 0 heterocycles. The van der Waals surface area contributed by atoms with E-state index in [1.807, 2.05) is 0 Å². The van der Waals surface area contributed by atoms with E-state index in [0.717, 1.165) is 0 Å². The second-order valence-corrected chi connectivity index (χ2v) is 2.82. The van der Waals surface area contributed by atoms with Crippen LogP contribution < -0.4 is 0 Å². The van der Waals surface area contributed by atoms with Gasteiger partial charge < -0.3 is 14.6 Å². The van der Waals surface area contributed by atoms with Crippen LogP contribution in [0.25, 0.3) is 0 Å². The highest BCUT2D eigenvalue weighted by atomic mass is 19.4. The van der Waals surface area contributed by atoms with Gasteiger partial charge in [0.2, 0.25) is 0 Å². The van der Waals surface area contributed by atoms with Crippen LogP contribution in [0.5, 0.6) is 0 Å². The minimum absolute atomic E-state index is 0.0305. The summed E-state index contributed by atoms with van der Waals surface area (Å²) in [5.74, 6) is 0. The van der Waals surface area contributed by atoms with E-state index in [-0.39, 0.29) is 13.2 Å². The average molecular weight is 202 g/mol. The molecule has 13 heavy (non-hydrogen) atoms. The molecule has 0 radical (unpaired) electrons. The smallest absolute Gasteiger partial charge is 0.382 e. The highest BCUT2D eigenvalue weighted by molar-refractivity contribution is 4.80. The van der Waals surface area contributed by atoms with Gasteiger partial charge in [0.15, 0.2) is 5.60 Å². The molecule has 0 spiro atoms. The Morgan fingerprint density at radius 3 is 2.15 bits per heavy atom. The maximum atomic E-state index is 12.0. The van der Waals surface area contributed by atoms with Gasteiger partial charge in [-0.1, -0.05) is 0 Å². The first-order chi connectivity index (χ1) is 5.81.